The van der Waals surface area contributed by atoms with E-state index in [0.717, 1.165) is 0 Å². The maximum atomic E-state index is 12.5. The zero-order chi connectivity index (χ0) is 23.1. The molecular weight excluding hydrogens is 410 g/mol. The number of nitrogens with zero attached hydrogens (tertiary/aromatic N) is 1. The molecule has 1 heterocycles. The van der Waals surface area contributed by atoms with Crippen molar-refractivity contribution in [1.82, 2.24) is 15.5 Å². The summed E-state index contributed by atoms with van der Waals surface area (Å²) in [6.45, 7) is 4.95. The summed E-state index contributed by atoms with van der Waals surface area (Å²) in [4.78, 5) is 50.5. The van der Waals surface area contributed by atoms with E-state index in [4.69, 9.17) is 4.74 Å². The lowest BCUT2D eigenvalue weighted by molar-refractivity contribution is -0.121. The van der Waals surface area contributed by atoms with Crippen LogP contribution in [-0.2, 0) is 4.79 Å². The fourth-order valence-electron chi connectivity index (χ4n) is 3.31. The van der Waals surface area contributed by atoms with Gasteiger partial charge < -0.3 is 15.4 Å². The molecule has 32 heavy (non-hydrogen) atoms. The summed E-state index contributed by atoms with van der Waals surface area (Å²) >= 11 is 0. The Morgan fingerprint density at radius 3 is 2.34 bits per heavy atom. The summed E-state index contributed by atoms with van der Waals surface area (Å²) in [7, 11) is 0. The van der Waals surface area contributed by atoms with Gasteiger partial charge in [0.15, 0.2) is 0 Å². The number of carbonyl (C=O) groups excluding carboxylic acids is 4. The van der Waals surface area contributed by atoms with Crippen LogP contribution in [0, 0.1) is 5.92 Å². The van der Waals surface area contributed by atoms with Crippen LogP contribution in [-0.4, -0.2) is 54.8 Å². The van der Waals surface area contributed by atoms with Crippen molar-refractivity contribution >= 4 is 23.6 Å². The number of hydrogen-bond acceptors (Lipinski definition) is 5. The van der Waals surface area contributed by atoms with Crippen molar-refractivity contribution in [2.75, 3.05) is 26.2 Å². The highest BCUT2D eigenvalue weighted by molar-refractivity contribution is 6.22. The first-order chi connectivity index (χ1) is 15.4. The van der Waals surface area contributed by atoms with Crippen LogP contribution in [0.4, 0.5) is 0 Å². The Morgan fingerprint density at radius 2 is 1.62 bits per heavy atom. The summed E-state index contributed by atoms with van der Waals surface area (Å²) in [6.07, 6.45) is 0.205. The average molecular weight is 437 g/mol. The topological polar surface area (TPSA) is 105 Å². The van der Waals surface area contributed by atoms with Crippen LogP contribution in [0.5, 0.6) is 5.75 Å². The Labute approximate surface area is 186 Å². The molecule has 2 aromatic carbocycles. The minimum Gasteiger partial charge on any atom is -0.493 e. The lowest BCUT2D eigenvalue weighted by Gasteiger charge is -2.15. The van der Waals surface area contributed by atoms with E-state index in [1.807, 2.05) is 44.2 Å². The summed E-state index contributed by atoms with van der Waals surface area (Å²) in [5.74, 6) is -0.406. The molecule has 4 amide bonds. The minimum atomic E-state index is -0.378. The largest absolute Gasteiger partial charge is 0.493 e. The fraction of sp³-hybridized carbons (Fsp3) is 0.333. The standard InChI is InChI=1S/C24H27N3O5/c1-16(2)15-27-23(30)19-9-8-17(14-20(19)24(27)31)22(29)26-12-11-25-21(28)10-13-32-18-6-4-3-5-7-18/h3-9,14,16H,10-13,15H2,1-2H3,(H,25,28)(H,26,29). The molecular formula is C24H27N3O5. The lowest BCUT2D eigenvalue weighted by Crippen LogP contribution is -2.35. The van der Waals surface area contributed by atoms with Crippen LogP contribution in [0.25, 0.3) is 0 Å². The molecule has 0 saturated carbocycles. The second-order valence-corrected chi connectivity index (χ2v) is 7.89. The molecule has 0 unspecified atom stereocenters. The van der Waals surface area contributed by atoms with Gasteiger partial charge in [-0.15, -0.1) is 0 Å². The molecule has 0 aromatic heterocycles. The summed E-state index contributed by atoms with van der Waals surface area (Å²) in [5, 5.41) is 5.42. The van der Waals surface area contributed by atoms with Crippen molar-refractivity contribution in [3.05, 3.63) is 65.2 Å². The smallest absolute Gasteiger partial charge is 0.261 e. The highest BCUT2D eigenvalue weighted by atomic mass is 16.5. The van der Waals surface area contributed by atoms with Gasteiger partial charge in [-0.05, 0) is 36.2 Å². The molecule has 0 saturated heterocycles. The fourth-order valence-corrected chi connectivity index (χ4v) is 3.31. The third kappa shape index (κ3) is 5.72. The Morgan fingerprint density at radius 1 is 0.938 bits per heavy atom. The number of imide groups is 1. The molecule has 0 aliphatic carbocycles. The third-order valence-corrected chi connectivity index (χ3v) is 4.85. The van der Waals surface area contributed by atoms with Crippen LogP contribution in [0.1, 0.15) is 51.3 Å². The summed E-state index contributed by atoms with van der Waals surface area (Å²) < 4.78 is 5.47. The first-order valence-corrected chi connectivity index (χ1v) is 10.6. The SMILES string of the molecule is CC(C)CN1C(=O)c2ccc(C(=O)NCCNC(=O)CCOc3ccccc3)cc2C1=O. The predicted octanol–water partition coefficient (Wildman–Crippen LogP) is 2.25. The molecule has 3 rings (SSSR count). The molecule has 0 fully saturated rings. The number of hydrogen-bond donors (Lipinski definition) is 2. The Hall–Kier alpha value is -3.68. The van der Waals surface area contributed by atoms with Crippen molar-refractivity contribution < 1.29 is 23.9 Å². The van der Waals surface area contributed by atoms with Crippen molar-refractivity contribution in [2.45, 2.75) is 20.3 Å². The van der Waals surface area contributed by atoms with Crippen LogP contribution < -0.4 is 15.4 Å². The minimum absolute atomic E-state index is 0.153. The van der Waals surface area contributed by atoms with E-state index < -0.39 is 0 Å². The molecule has 0 radical (unpaired) electrons. The maximum absolute atomic E-state index is 12.5. The van der Waals surface area contributed by atoms with Crippen LogP contribution in [0.2, 0.25) is 0 Å². The van der Waals surface area contributed by atoms with Crippen molar-refractivity contribution in [3.63, 3.8) is 0 Å². The zero-order valence-electron chi connectivity index (χ0n) is 18.2. The average Bonchev–Trinajstić information content (AvgIpc) is 3.01. The molecule has 8 nitrogen and oxygen atoms in total. The van der Waals surface area contributed by atoms with Gasteiger partial charge in [0.05, 0.1) is 24.2 Å². The van der Waals surface area contributed by atoms with Gasteiger partial charge in [-0.1, -0.05) is 32.0 Å². The van der Waals surface area contributed by atoms with Crippen molar-refractivity contribution in [2.24, 2.45) is 5.92 Å². The normalized spacial score (nSPS) is 12.7. The highest BCUT2D eigenvalue weighted by Crippen LogP contribution is 2.24. The lowest BCUT2D eigenvalue weighted by atomic mass is 10.1. The van der Waals surface area contributed by atoms with Crippen molar-refractivity contribution in [3.8, 4) is 5.75 Å². The molecule has 0 atom stereocenters. The summed E-state index contributed by atoms with van der Waals surface area (Å²) in [6, 6.07) is 13.7. The van der Waals surface area contributed by atoms with Gasteiger partial charge in [0.25, 0.3) is 17.7 Å². The second kappa shape index (κ2) is 10.6. The Bertz CT molecular complexity index is 1000. The van der Waals surface area contributed by atoms with Gasteiger partial charge in [0, 0.05) is 25.2 Å². The van der Waals surface area contributed by atoms with Gasteiger partial charge in [0.1, 0.15) is 5.75 Å². The van der Waals surface area contributed by atoms with Gasteiger partial charge in [0.2, 0.25) is 5.91 Å². The number of fused-ring (bicyclic) bond motifs is 1. The van der Waals surface area contributed by atoms with E-state index in [-0.39, 0.29) is 61.2 Å². The Kier molecular flexibility index (Phi) is 7.59. The van der Waals surface area contributed by atoms with Gasteiger partial charge >= 0.3 is 0 Å². The zero-order valence-corrected chi connectivity index (χ0v) is 18.2. The molecule has 2 N–H and O–H groups in total. The first kappa shape index (κ1) is 23.0. The molecule has 0 spiro atoms. The molecule has 1 aliphatic heterocycles. The van der Waals surface area contributed by atoms with Crippen molar-refractivity contribution in [1.29, 1.82) is 0 Å². The maximum Gasteiger partial charge on any atom is 0.261 e. The van der Waals surface area contributed by atoms with Crippen LogP contribution in [0.3, 0.4) is 0 Å². The number of amides is 4. The number of para-hydroxylation sites is 1. The number of rotatable bonds is 10. The third-order valence-electron chi connectivity index (χ3n) is 4.85. The first-order valence-electron chi connectivity index (χ1n) is 10.6. The number of nitrogens with one attached hydrogen (secondary N) is 2. The van der Waals surface area contributed by atoms with E-state index in [1.54, 1.807) is 0 Å². The van der Waals surface area contributed by atoms with E-state index in [2.05, 4.69) is 10.6 Å². The molecule has 168 valence electrons. The number of benzene rings is 2. The van der Waals surface area contributed by atoms with Gasteiger partial charge in [-0.3, -0.25) is 24.1 Å². The van der Waals surface area contributed by atoms with Gasteiger partial charge in [-0.2, -0.15) is 0 Å². The van der Waals surface area contributed by atoms with Crippen LogP contribution in [0.15, 0.2) is 48.5 Å². The van der Waals surface area contributed by atoms with Crippen LogP contribution >= 0.6 is 0 Å². The number of carbonyl (C=O) groups is 4. The van der Waals surface area contributed by atoms with E-state index in [1.165, 1.54) is 23.1 Å². The molecule has 2 aromatic rings. The van der Waals surface area contributed by atoms with E-state index >= 15 is 0 Å². The monoisotopic (exact) mass is 437 g/mol. The quantitative estimate of drug-likeness (QED) is 0.438. The molecule has 0 bridgehead atoms. The number of ether oxygens (including phenoxy) is 1. The van der Waals surface area contributed by atoms with E-state index in [0.29, 0.717) is 23.4 Å². The molecule has 8 heteroatoms. The highest BCUT2D eigenvalue weighted by Gasteiger charge is 2.36. The van der Waals surface area contributed by atoms with E-state index in [9.17, 15) is 19.2 Å². The summed E-state index contributed by atoms with van der Waals surface area (Å²) in [5.41, 5.74) is 0.853. The predicted molar refractivity (Wildman–Crippen MR) is 119 cm³/mol. The Balaban J connectivity index is 1.42. The second-order valence-electron chi connectivity index (χ2n) is 7.89. The molecule has 1 aliphatic rings. The van der Waals surface area contributed by atoms with Gasteiger partial charge in [-0.25, -0.2) is 0 Å².